The topological polar surface area (TPSA) is 59.1 Å². The van der Waals surface area contributed by atoms with E-state index in [1.807, 2.05) is 0 Å². The van der Waals surface area contributed by atoms with Crippen LogP contribution in [0.2, 0.25) is 10.0 Å². The van der Waals surface area contributed by atoms with Gasteiger partial charge in [-0.15, -0.1) is 0 Å². The zero-order valence-electron chi connectivity index (χ0n) is 17.2. The van der Waals surface area contributed by atoms with Crippen LogP contribution < -0.4 is 4.74 Å². The van der Waals surface area contributed by atoms with E-state index in [4.69, 9.17) is 32.7 Å². The van der Waals surface area contributed by atoms with Crippen molar-refractivity contribution < 1.29 is 19.1 Å². The molecule has 2 atom stereocenters. The molecule has 28 heavy (non-hydrogen) atoms. The minimum atomic E-state index is -0.650. The second kappa shape index (κ2) is 8.78. The highest BCUT2D eigenvalue weighted by Gasteiger charge is 2.40. The summed E-state index contributed by atoms with van der Waals surface area (Å²) < 4.78 is 11.0. The first-order valence-electron chi connectivity index (χ1n) is 9.19. The number of piperidine rings is 1. The first kappa shape index (κ1) is 22.6. The third kappa shape index (κ3) is 5.03. The van der Waals surface area contributed by atoms with Gasteiger partial charge in [-0.1, -0.05) is 23.2 Å². The molecular weight excluding hydrogens is 403 g/mol. The number of hydrogen-bond donors (Lipinski definition) is 0. The van der Waals surface area contributed by atoms with Crippen LogP contribution in [0.3, 0.4) is 0 Å². The number of nitrogens with zero attached hydrogens (tertiary/aromatic N) is 2. The van der Waals surface area contributed by atoms with Gasteiger partial charge in [0.2, 0.25) is 5.91 Å². The maximum Gasteiger partial charge on any atom is 0.410 e. The molecule has 1 aliphatic rings. The molecule has 156 valence electrons. The summed E-state index contributed by atoms with van der Waals surface area (Å²) in [5.74, 6) is 0.391. The van der Waals surface area contributed by atoms with Crippen molar-refractivity contribution in [2.45, 2.75) is 51.2 Å². The van der Waals surface area contributed by atoms with Gasteiger partial charge in [-0.3, -0.25) is 9.69 Å². The highest BCUT2D eigenvalue weighted by Crippen LogP contribution is 2.43. The zero-order chi connectivity index (χ0) is 21.2. The summed E-state index contributed by atoms with van der Waals surface area (Å²) in [6.45, 7) is 5.78. The molecule has 0 N–H and O–H groups in total. The predicted molar refractivity (Wildman–Crippen MR) is 110 cm³/mol. The molecule has 2 amide bonds. The second-order valence-electron chi connectivity index (χ2n) is 8.12. The Labute approximate surface area is 176 Å². The monoisotopic (exact) mass is 430 g/mol. The molecule has 0 unspecified atom stereocenters. The molecule has 1 heterocycles. The van der Waals surface area contributed by atoms with E-state index < -0.39 is 17.7 Å². The number of benzene rings is 1. The quantitative estimate of drug-likeness (QED) is 0.704. The standard InChI is InChI=1S/C20H28Cl2N2O4/c1-20(2,3)28-19(26)24-10-9-12(11-14(24)18(25)23(4)5)16-15(27-6)8-7-13(21)17(16)22/h7-8,12,14H,9-11H2,1-6H3/t12-,14-/m1/s1. The Hall–Kier alpha value is -1.66. The fourth-order valence-corrected chi connectivity index (χ4v) is 3.88. The molecule has 1 fully saturated rings. The second-order valence-corrected chi connectivity index (χ2v) is 8.91. The third-order valence-electron chi connectivity index (χ3n) is 4.68. The summed E-state index contributed by atoms with van der Waals surface area (Å²) in [5.41, 5.74) is 0.135. The van der Waals surface area contributed by atoms with Crippen LogP contribution in [0.25, 0.3) is 0 Å². The Morgan fingerprint density at radius 3 is 2.39 bits per heavy atom. The van der Waals surface area contributed by atoms with E-state index in [1.54, 1.807) is 54.1 Å². The number of halogens is 2. The van der Waals surface area contributed by atoms with E-state index >= 15 is 0 Å². The highest BCUT2D eigenvalue weighted by atomic mass is 35.5. The van der Waals surface area contributed by atoms with Crippen LogP contribution in [0.15, 0.2) is 12.1 Å². The molecular formula is C20H28Cl2N2O4. The molecule has 1 aliphatic heterocycles. The van der Waals surface area contributed by atoms with Gasteiger partial charge in [0.15, 0.2) is 0 Å². The van der Waals surface area contributed by atoms with Gasteiger partial charge in [-0.05, 0) is 51.7 Å². The van der Waals surface area contributed by atoms with E-state index in [-0.39, 0.29) is 11.8 Å². The van der Waals surface area contributed by atoms with Gasteiger partial charge in [0, 0.05) is 26.2 Å². The maximum absolute atomic E-state index is 12.8. The summed E-state index contributed by atoms with van der Waals surface area (Å²) in [6.07, 6.45) is 0.537. The van der Waals surface area contributed by atoms with Crippen molar-refractivity contribution in [1.29, 1.82) is 0 Å². The van der Waals surface area contributed by atoms with E-state index in [2.05, 4.69) is 0 Å². The number of methoxy groups -OCH3 is 1. The normalized spacial score (nSPS) is 19.9. The Bertz CT molecular complexity index is 746. The number of ether oxygens (including phenoxy) is 2. The molecule has 8 heteroatoms. The SMILES string of the molecule is COc1ccc(Cl)c(Cl)c1[C@@H]1CCN(C(=O)OC(C)(C)C)[C@@H](C(=O)N(C)C)C1. The van der Waals surface area contributed by atoms with Crippen molar-refractivity contribution in [3.05, 3.63) is 27.7 Å². The largest absolute Gasteiger partial charge is 0.496 e. The van der Waals surface area contributed by atoms with E-state index in [0.29, 0.717) is 35.2 Å². The lowest BCUT2D eigenvalue weighted by molar-refractivity contribution is -0.135. The smallest absolute Gasteiger partial charge is 0.410 e. The molecule has 0 bridgehead atoms. The number of rotatable bonds is 3. The lowest BCUT2D eigenvalue weighted by Gasteiger charge is -2.40. The van der Waals surface area contributed by atoms with Crippen molar-refractivity contribution in [3.63, 3.8) is 0 Å². The summed E-state index contributed by atoms with van der Waals surface area (Å²) >= 11 is 12.7. The van der Waals surface area contributed by atoms with Crippen LogP contribution in [0.1, 0.15) is 45.1 Å². The molecule has 0 saturated carbocycles. The Balaban J connectivity index is 2.37. The Morgan fingerprint density at radius 1 is 1.21 bits per heavy atom. The number of carbonyl (C=O) groups is 2. The lowest BCUT2D eigenvalue weighted by Crippen LogP contribution is -2.54. The zero-order valence-corrected chi connectivity index (χ0v) is 18.7. The Kier molecular flexibility index (Phi) is 7.10. The number of carbonyl (C=O) groups excluding carboxylic acids is 2. The van der Waals surface area contributed by atoms with Crippen LogP contribution in [-0.2, 0) is 9.53 Å². The maximum atomic E-state index is 12.8. The summed E-state index contributed by atoms with van der Waals surface area (Å²) in [6, 6.07) is 2.81. The fraction of sp³-hybridized carbons (Fsp3) is 0.600. The van der Waals surface area contributed by atoms with Crippen molar-refractivity contribution in [2.24, 2.45) is 0 Å². The van der Waals surface area contributed by atoms with Gasteiger partial charge in [-0.2, -0.15) is 0 Å². The molecule has 0 spiro atoms. The predicted octanol–water partition coefficient (Wildman–Crippen LogP) is 4.57. The van der Waals surface area contributed by atoms with Gasteiger partial charge in [0.05, 0.1) is 17.2 Å². The van der Waals surface area contributed by atoms with E-state index in [9.17, 15) is 9.59 Å². The molecule has 0 aromatic heterocycles. The van der Waals surface area contributed by atoms with Crippen molar-refractivity contribution in [2.75, 3.05) is 27.7 Å². The molecule has 1 aromatic carbocycles. The molecule has 1 aromatic rings. The van der Waals surface area contributed by atoms with Crippen LogP contribution in [0.5, 0.6) is 5.75 Å². The van der Waals surface area contributed by atoms with Gasteiger partial charge in [-0.25, -0.2) is 4.79 Å². The first-order valence-corrected chi connectivity index (χ1v) is 9.94. The van der Waals surface area contributed by atoms with Gasteiger partial charge >= 0.3 is 6.09 Å². The van der Waals surface area contributed by atoms with E-state index in [0.717, 1.165) is 5.56 Å². The number of hydrogen-bond acceptors (Lipinski definition) is 4. The van der Waals surface area contributed by atoms with Crippen LogP contribution in [0.4, 0.5) is 4.79 Å². The highest BCUT2D eigenvalue weighted by molar-refractivity contribution is 6.42. The van der Waals surface area contributed by atoms with Crippen molar-refractivity contribution in [3.8, 4) is 5.75 Å². The van der Waals surface area contributed by atoms with E-state index in [1.165, 1.54) is 9.80 Å². The summed E-state index contributed by atoms with van der Waals surface area (Å²) in [4.78, 5) is 28.5. The summed E-state index contributed by atoms with van der Waals surface area (Å²) in [5, 5.41) is 0.857. The third-order valence-corrected chi connectivity index (χ3v) is 5.50. The van der Waals surface area contributed by atoms with Gasteiger partial charge in [0.1, 0.15) is 17.4 Å². The average Bonchev–Trinajstić information content (AvgIpc) is 2.61. The Morgan fingerprint density at radius 2 is 1.86 bits per heavy atom. The van der Waals surface area contributed by atoms with Gasteiger partial charge in [0.25, 0.3) is 0 Å². The van der Waals surface area contributed by atoms with Crippen LogP contribution in [0, 0.1) is 0 Å². The molecule has 0 radical (unpaired) electrons. The average molecular weight is 431 g/mol. The lowest BCUT2D eigenvalue weighted by atomic mass is 9.84. The molecule has 2 rings (SSSR count). The molecule has 0 aliphatic carbocycles. The fourth-order valence-electron chi connectivity index (χ4n) is 3.41. The molecule has 6 nitrogen and oxygen atoms in total. The van der Waals surface area contributed by atoms with Crippen LogP contribution >= 0.6 is 23.2 Å². The number of likely N-dealkylation sites (tertiary alicyclic amines) is 1. The van der Waals surface area contributed by atoms with Crippen molar-refractivity contribution >= 4 is 35.2 Å². The first-order chi connectivity index (χ1) is 13.0. The van der Waals surface area contributed by atoms with Crippen molar-refractivity contribution in [1.82, 2.24) is 9.80 Å². The number of likely N-dealkylation sites (N-methyl/N-ethyl adjacent to an activating group) is 1. The van der Waals surface area contributed by atoms with Gasteiger partial charge < -0.3 is 14.4 Å². The molecule has 1 saturated heterocycles. The van der Waals surface area contributed by atoms with Crippen LogP contribution in [-0.4, -0.2) is 61.2 Å². The number of amides is 2. The minimum Gasteiger partial charge on any atom is -0.496 e. The summed E-state index contributed by atoms with van der Waals surface area (Å²) in [7, 11) is 4.92. The minimum absolute atomic E-state index is 0.0752.